The summed E-state index contributed by atoms with van der Waals surface area (Å²) in [5, 5.41) is 11.7. The summed E-state index contributed by atoms with van der Waals surface area (Å²) in [7, 11) is 4.35. The van der Waals surface area contributed by atoms with Crippen LogP contribution in [0.25, 0.3) is 6.08 Å². The van der Waals surface area contributed by atoms with E-state index in [9.17, 15) is 14.9 Å². The largest absolute Gasteiger partial charge is 0.495 e. The molecule has 0 unspecified atom stereocenters. The van der Waals surface area contributed by atoms with Crippen LogP contribution >= 0.6 is 0 Å². The molecular formula is C24H23NO8. The van der Waals surface area contributed by atoms with Crippen LogP contribution in [0.4, 0.5) is 5.69 Å². The standard InChI is InChI=1S/C24H23NO8/c1-24(2)11-10-16-20(33-24)14-17(25(27)28)22(23(16)31-5)18(26)7-6-12-32-15-8-9-19(29-3)21(13-15)30-4/h8-11,13-14H,12H2,1-5H3. The second-order valence-electron chi connectivity index (χ2n) is 7.45. The van der Waals surface area contributed by atoms with Crippen LogP contribution in [0.1, 0.15) is 29.8 Å². The zero-order valence-electron chi connectivity index (χ0n) is 18.9. The number of ether oxygens (including phenoxy) is 5. The molecule has 0 N–H and O–H groups in total. The van der Waals surface area contributed by atoms with Crippen molar-refractivity contribution in [2.24, 2.45) is 0 Å². The number of nitro benzene ring substituents is 1. The van der Waals surface area contributed by atoms with Crippen LogP contribution in [0.2, 0.25) is 0 Å². The number of nitro groups is 1. The highest BCUT2D eigenvalue weighted by Crippen LogP contribution is 2.43. The number of benzene rings is 2. The van der Waals surface area contributed by atoms with Crippen molar-refractivity contribution in [3.63, 3.8) is 0 Å². The lowest BCUT2D eigenvalue weighted by molar-refractivity contribution is -0.385. The average molecular weight is 453 g/mol. The summed E-state index contributed by atoms with van der Waals surface area (Å²) in [4.78, 5) is 23.9. The van der Waals surface area contributed by atoms with E-state index in [0.717, 1.165) is 0 Å². The minimum Gasteiger partial charge on any atom is -0.495 e. The molecule has 2 aromatic rings. The molecule has 0 atom stereocenters. The van der Waals surface area contributed by atoms with Crippen molar-refractivity contribution in [2.75, 3.05) is 27.9 Å². The van der Waals surface area contributed by atoms with Crippen molar-refractivity contribution in [2.45, 2.75) is 19.4 Å². The van der Waals surface area contributed by atoms with Crippen molar-refractivity contribution in [1.82, 2.24) is 0 Å². The maximum Gasteiger partial charge on any atom is 0.288 e. The van der Waals surface area contributed by atoms with E-state index in [0.29, 0.717) is 22.8 Å². The molecule has 0 saturated heterocycles. The first-order valence-electron chi connectivity index (χ1n) is 9.86. The third kappa shape index (κ3) is 5.01. The molecule has 0 aromatic heterocycles. The molecule has 1 aliphatic rings. The Morgan fingerprint density at radius 3 is 2.48 bits per heavy atom. The van der Waals surface area contributed by atoms with Gasteiger partial charge in [-0.05, 0) is 44.1 Å². The van der Waals surface area contributed by atoms with Crippen molar-refractivity contribution >= 4 is 17.5 Å². The molecule has 1 aliphatic heterocycles. The summed E-state index contributed by atoms with van der Waals surface area (Å²) in [6, 6.07) is 6.17. The highest BCUT2D eigenvalue weighted by Gasteiger charge is 2.33. The first-order chi connectivity index (χ1) is 15.7. The molecule has 3 rings (SSSR count). The van der Waals surface area contributed by atoms with Gasteiger partial charge < -0.3 is 23.7 Å². The molecule has 1 heterocycles. The fourth-order valence-electron chi connectivity index (χ4n) is 3.26. The van der Waals surface area contributed by atoms with E-state index < -0.39 is 22.0 Å². The molecule has 172 valence electrons. The minimum absolute atomic E-state index is 0.0334. The molecule has 0 saturated carbocycles. The van der Waals surface area contributed by atoms with Gasteiger partial charge in [0.25, 0.3) is 5.69 Å². The second-order valence-corrected chi connectivity index (χ2v) is 7.45. The fraction of sp³-hybridized carbons (Fsp3) is 0.292. The number of Topliss-reactive ketones (excluding diaryl/α,β-unsaturated/α-hetero) is 1. The molecule has 9 nitrogen and oxygen atoms in total. The number of methoxy groups -OCH3 is 3. The number of hydrogen-bond acceptors (Lipinski definition) is 8. The Morgan fingerprint density at radius 2 is 1.85 bits per heavy atom. The van der Waals surface area contributed by atoms with Crippen LogP contribution in [-0.2, 0) is 0 Å². The Bertz CT molecular complexity index is 1190. The third-order valence-corrected chi connectivity index (χ3v) is 4.78. The Labute approximate surface area is 191 Å². The first kappa shape index (κ1) is 23.5. The lowest BCUT2D eigenvalue weighted by Crippen LogP contribution is -2.28. The van der Waals surface area contributed by atoms with Gasteiger partial charge in [0.2, 0.25) is 5.78 Å². The van der Waals surface area contributed by atoms with Gasteiger partial charge >= 0.3 is 0 Å². The fourth-order valence-corrected chi connectivity index (χ4v) is 3.26. The van der Waals surface area contributed by atoms with Crippen LogP contribution in [0.3, 0.4) is 0 Å². The molecular weight excluding hydrogens is 430 g/mol. The van der Waals surface area contributed by atoms with Crippen LogP contribution in [0.5, 0.6) is 28.7 Å². The maximum absolute atomic E-state index is 12.8. The van der Waals surface area contributed by atoms with E-state index in [1.165, 1.54) is 27.4 Å². The van der Waals surface area contributed by atoms with Gasteiger partial charge in [0.1, 0.15) is 29.5 Å². The maximum atomic E-state index is 12.8. The zero-order chi connectivity index (χ0) is 24.2. The number of fused-ring (bicyclic) bond motifs is 1. The van der Waals surface area contributed by atoms with Gasteiger partial charge in [-0.15, -0.1) is 0 Å². The highest BCUT2D eigenvalue weighted by atomic mass is 16.6. The quantitative estimate of drug-likeness (QED) is 0.203. The van der Waals surface area contributed by atoms with Gasteiger partial charge in [-0.1, -0.05) is 5.92 Å². The molecule has 0 amide bonds. The highest BCUT2D eigenvalue weighted by molar-refractivity contribution is 6.14. The summed E-state index contributed by atoms with van der Waals surface area (Å²) < 4.78 is 27.1. The van der Waals surface area contributed by atoms with Crippen molar-refractivity contribution < 1.29 is 33.4 Å². The van der Waals surface area contributed by atoms with E-state index in [1.54, 1.807) is 30.4 Å². The number of carbonyl (C=O) groups excluding carboxylic acids is 1. The third-order valence-electron chi connectivity index (χ3n) is 4.78. The Hall–Kier alpha value is -4.19. The van der Waals surface area contributed by atoms with E-state index in [4.69, 9.17) is 23.7 Å². The predicted molar refractivity (Wildman–Crippen MR) is 121 cm³/mol. The number of ketones is 1. The van der Waals surface area contributed by atoms with Gasteiger partial charge in [0, 0.05) is 6.07 Å². The van der Waals surface area contributed by atoms with E-state index in [-0.39, 0.29) is 23.7 Å². The van der Waals surface area contributed by atoms with Crippen molar-refractivity contribution in [3.8, 4) is 40.6 Å². The summed E-state index contributed by atoms with van der Waals surface area (Å²) in [6.07, 6.45) is 3.49. The van der Waals surface area contributed by atoms with E-state index >= 15 is 0 Å². The summed E-state index contributed by atoms with van der Waals surface area (Å²) in [5.41, 5.74) is -0.905. The predicted octanol–water partition coefficient (Wildman–Crippen LogP) is 4.07. The van der Waals surface area contributed by atoms with Crippen LogP contribution in [0, 0.1) is 22.0 Å². The van der Waals surface area contributed by atoms with Crippen LogP contribution in [-0.4, -0.2) is 44.2 Å². The first-order valence-corrected chi connectivity index (χ1v) is 9.86. The lowest BCUT2D eigenvalue weighted by atomic mass is 9.96. The molecule has 9 heteroatoms. The number of carbonyl (C=O) groups is 1. The van der Waals surface area contributed by atoms with Crippen LogP contribution < -0.4 is 23.7 Å². The molecule has 0 radical (unpaired) electrons. The van der Waals surface area contributed by atoms with Gasteiger partial charge in [-0.25, -0.2) is 0 Å². The lowest BCUT2D eigenvalue weighted by Gasteiger charge is -2.28. The average Bonchev–Trinajstić information content (AvgIpc) is 2.79. The number of nitrogens with zero attached hydrogens (tertiary/aromatic N) is 1. The topological polar surface area (TPSA) is 106 Å². The molecule has 0 fully saturated rings. The minimum atomic E-state index is -0.768. The molecule has 0 spiro atoms. The van der Waals surface area contributed by atoms with Gasteiger partial charge in [0.15, 0.2) is 17.1 Å². The summed E-state index contributed by atoms with van der Waals surface area (Å²) >= 11 is 0. The van der Waals surface area contributed by atoms with Crippen molar-refractivity contribution in [1.29, 1.82) is 0 Å². The monoisotopic (exact) mass is 453 g/mol. The Morgan fingerprint density at radius 1 is 1.12 bits per heavy atom. The Balaban J connectivity index is 1.88. The van der Waals surface area contributed by atoms with Crippen LogP contribution in [0.15, 0.2) is 30.3 Å². The van der Waals surface area contributed by atoms with Gasteiger partial charge in [0.05, 0.1) is 37.9 Å². The SMILES string of the molecule is COc1ccc(OCC#CC(=O)c2c([N+](=O)[O-])cc3c(c2OC)C=CC(C)(C)O3)cc1OC. The second kappa shape index (κ2) is 9.53. The summed E-state index contributed by atoms with van der Waals surface area (Å²) in [5.74, 6) is 5.98. The molecule has 2 aromatic carbocycles. The van der Waals surface area contributed by atoms with E-state index in [1.807, 2.05) is 13.8 Å². The van der Waals surface area contributed by atoms with E-state index in [2.05, 4.69) is 11.8 Å². The number of rotatable bonds is 7. The number of hydrogen-bond donors (Lipinski definition) is 0. The van der Waals surface area contributed by atoms with Crippen molar-refractivity contribution in [3.05, 3.63) is 51.6 Å². The summed E-state index contributed by atoms with van der Waals surface area (Å²) in [6.45, 7) is 3.50. The zero-order valence-corrected chi connectivity index (χ0v) is 18.9. The molecule has 0 bridgehead atoms. The Kier molecular flexibility index (Phi) is 6.78. The molecule has 33 heavy (non-hydrogen) atoms. The normalized spacial score (nSPS) is 13.0. The smallest absolute Gasteiger partial charge is 0.288 e. The van der Waals surface area contributed by atoms with Gasteiger partial charge in [-0.2, -0.15) is 0 Å². The molecule has 0 aliphatic carbocycles. The van der Waals surface area contributed by atoms with Gasteiger partial charge in [-0.3, -0.25) is 14.9 Å².